The van der Waals surface area contributed by atoms with Gasteiger partial charge in [0.2, 0.25) is 5.88 Å². The van der Waals surface area contributed by atoms with Gasteiger partial charge in [-0.25, -0.2) is 4.39 Å². The van der Waals surface area contributed by atoms with Gasteiger partial charge >= 0.3 is 0 Å². The van der Waals surface area contributed by atoms with Crippen LogP contribution in [0.25, 0.3) is 10.9 Å². The number of nitrogens with one attached hydrogen (secondary N) is 2. The standard InChI is InChI=1S/C12H14FN3O/c13-8-3-4-10-11(6-8)15-16-12(10)17-9-2-1-5-14-7-9/h3-4,6,9,14H,1-2,5,7H2,(H,15,16). The first kappa shape index (κ1) is 10.5. The molecule has 1 atom stereocenters. The van der Waals surface area contributed by atoms with Gasteiger partial charge in [-0.15, -0.1) is 5.10 Å². The first-order chi connectivity index (χ1) is 8.33. The maximum absolute atomic E-state index is 13.0. The van der Waals surface area contributed by atoms with Gasteiger partial charge in [-0.2, -0.15) is 0 Å². The Morgan fingerprint density at radius 1 is 1.41 bits per heavy atom. The van der Waals surface area contributed by atoms with E-state index >= 15 is 0 Å². The molecule has 1 unspecified atom stereocenters. The Balaban J connectivity index is 1.84. The molecular formula is C12H14FN3O. The van der Waals surface area contributed by atoms with Crippen molar-refractivity contribution in [2.45, 2.75) is 18.9 Å². The number of nitrogens with zero attached hydrogens (tertiary/aromatic N) is 1. The summed E-state index contributed by atoms with van der Waals surface area (Å²) in [6.45, 7) is 1.89. The van der Waals surface area contributed by atoms with Gasteiger partial charge < -0.3 is 10.1 Å². The van der Waals surface area contributed by atoms with Crippen molar-refractivity contribution >= 4 is 10.9 Å². The third-order valence-electron chi connectivity index (χ3n) is 3.02. The number of H-pyrrole nitrogens is 1. The Bertz CT molecular complexity index is 519. The van der Waals surface area contributed by atoms with Crippen LogP contribution in [0, 0.1) is 5.82 Å². The third-order valence-corrected chi connectivity index (χ3v) is 3.02. The predicted octanol–water partition coefficient (Wildman–Crippen LogP) is 1.83. The fourth-order valence-corrected chi connectivity index (χ4v) is 2.13. The lowest BCUT2D eigenvalue weighted by molar-refractivity contribution is 0.162. The summed E-state index contributed by atoms with van der Waals surface area (Å²) >= 11 is 0. The van der Waals surface area contributed by atoms with Crippen molar-refractivity contribution in [2.24, 2.45) is 0 Å². The van der Waals surface area contributed by atoms with Gasteiger partial charge in [0, 0.05) is 6.54 Å². The van der Waals surface area contributed by atoms with E-state index in [0.29, 0.717) is 11.4 Å². The second kappa shape index (κ2) is 4.33. The van der Waals surface area contributed by atoms with Gasteiger partial charge in [-0.3, -0.25) is 5.10 Å². The second-order valence-electron chi connectivity index (χ2n) is 4.30. The molecule has 0 radical (unpaired) electrons. The average molecular weight is 235 g/mol. The molecule has 5 heteroatoms. The zero-order chi connectivity index (χ0) is 11.7. The van der Waals surface area contributed by atoms with E-state index in [1.54, 1.807) is 6.07 Å². The highest BCUT2D eigenvalue weighted by Gasteiger charge is 2.17. The maximum Gasteiger partial charge on any atom is 0.240 e. The Morgan fingerprint density at radius 3 is 3.18 bits per heavy atom. The molecule has 1 aliphatic rings. The summed E-state index contributed by atoms with van der Waals surface area (Å²) in [5.41, 5.74) is 0.670. The summed E-state index contributed by atoms with van der Waals surface area (Å²) in [5.74, 6) is 0.292. The van der Waals surface area contributed by atoms with Crippen molar-refractivity contribution in [1.29, 1.82) is 0 Å². The van der Waals surface area contributed by atoms with E-state index in [9.17, 15) is 4.39 Å². The number of hydrogen-bond donors (Lipinski definition) is 2. The summed E-state index contributed by atoms with van der Waals surface area (Å²) < 4.78 is 18.8. The number of rotatable bonds is 2. The maximum atomic E-state index is 13.0. The van der Waals surface area contributed by atoms with Gasteiger partial charge in [-0.1, -0.05) is 0 Å². The fourth-order valence-electron chi connectivity index (χ4n) is 2.13. The lowest BCUT2D eigenvalue weighted by atomic mass is 10.1. The van der Waals surface area contributed by atoms with Crippen LogP contribution in [0.15, 0.2) is 18.2 Å². The van der Waals surface area contributed by atoms with E-state index < -0.39 is 0 Å². The molecule has 1 aliphatic heterocycles. The molecule has 0 bridgehead atoms. The zero-order valence-corrected chi connectivity index (χ0v) is 9.37. The van der Waals surface area contributed by atoms with Crippen molar-refractivity contribution in [3.05, 3.63) is 24.0 Å². The van der Waals surface area contributed by atoms with E-state index in [4.69, 9.17) is 4.74 Å². The molecule has 2 heterocycles. The SMILES string of the molecule is Fc1ccc2c(OC3CCCNC3)n[nH]c2c1. The highest BCUT2D eigenvalue weighted by molar-refractivity contribution is 5.83. The Labute approximate surface area is 98.2 Å². The number of benzene rings is 1. The van der Waals surface area contributed by atoms with E-state index in [0.717, 1.165) is 31.3 Å². The van der Waals surface area contributed by atoms with Crippen LogP contribution in [0.2, 0.25) is 0 Å². The van der Waals surface area contributed by atoms with Crippen LogP contribution in [0.1, 0.15) is 12.8 Å². The quantitative estimate of drug-likeness (QED) is 0.835. The number of hydrogen-bond acceptors (Lipinski definition) is 3. The van der Waals surface area contributed by atoms with E-state index in [2.05, 4.69) is 15.5 Å². The molecule has 3 rings (SSSR count). The number of halogens is 1. The molecule has 0 aliphatic carbocycles. The van der Waals surface area contributed by atoms with Crippen LogP contribution in [0.4, 0.5) is 4.39 Å². The Hall–Kier alpha value is -1.62. The minimum Gasteiger partial charge on any atom is -0.472 e. The number of piperidine rings is 1. The van der Waals surface area contributed by atoms with Crippen molar-refractivity contribution in [2.75, 3.05) is 13.1 Å². The molecule has 0 amide bonds. The fraction of sp³-hybridized carbons (Fsp3) is 0.417. The minimum absolute atomic E-state index is 0.153. The summed E-state index contributed by atoms with van der Waals surface area (Å²) in [6, 6.07) is 4.54. The number of ether oxygens (including phenoxy) is 1. The highest BCUT2D eigenvalue weighted by atomic mass is 19.1. The molecule has 2 aromatic rings. The molecular weight excluding hydrogens is 221 g/mol. The van der Waals surface area contributed by atoms with Crippen molar-refractivity contribution < 1.29 is 9.13 Å². The molecule has 0 saturated carbocycles. The predicted molar refractivity (Wildman–Crippen MR) is 62.6 cm³/mol. The lowest BCUT2D eigenvalue weighted by Crippen LogP contribution is -2.37. The third kappa shape index (κ3) is 2.10. The van der Waals surface area contributed by atoms with Gasteiger partial charge in [0.05, 0.1) is 10.9 Å². The van der Waals surface area contributed by atoms with E-state index in [-0.39, 0.29) is 11.9 Å². The van der Waals surface area contributed by atoms with E-state index in [1.807, 2.05) is 0 Å². The first-order valence-electron chi connectivity index (χ1n) is 5.84. The normalized spacial score (nSPS) is 20.6. The summed E-state index contributed by atoms with van der Waals surface area (Å²) in [6.07, 6.45) is 2.30. The second-order valence-corrected chi connectivity index (χ2v) is 4.30. The molecule has 0 spiro atoms. The minimum atomic E-state index is -0.271. The van der Waals surface area contributed by atoms with Crippen molar-refractivity contribution in [1.82, 2.24) is 15.5 Å². The van der Waals surface area contributed by atoms with Crippen LogP contribution >= 0.6 is 0 Å². The number of aromatic nitrogens is 2. The first-order valence-corrected chi connectivity index (χ1v) is 5.84. The van der Waals surface area contributed by atoms with Crippen LogP contribution < -0.4 is 10.1 Å². The summed E-state index contributed by atoms with van der Waals surface area (Å²) in [4.78, 5) is 0. The molecule has 17 heavy (non-hydrogen) atoms. The Morgan fingerprint density at radius 2 is 2.35 bits per heavy atom. The largest absolute Gasteiger partial charge is 0.472 e. The molecule has 90 valence electrons. The van der Waals surface area contributed by atoms with Gasteiger partial charge in [-0.05, 0) is 37.6 Å². The number of aromatic amines is 1. The van der Waals surface area contributed by atoms with Gasteiger partial charge in [0.25, 0.3) is 0 Å². The summed E-state index contributed by atoms with van der Waals surface area (Å²) in [5, 5.41) is 11.0. The van der Waals surface area contributed by atoms with Crippen LogP contribution in [0.5, 0.6) is 5.88 Å². The molecule has 1 aromatic carbocycles. The molecule has 1 fully saturated rings. The highest BCUT2D eigenvalue weighted by Crippen LogP contribution is 2.24. The zero-order valence-electron chi connectivity index (χ0n) is 9.37. The van der Waals surface area contributed by atoms with Gasteiger partial charge in [0.1, 0.15) is 11.9 Å². The van der Waals surface area contributed by atoms with Crippen LogP contribution in [0.3, 0.4) is 0 Å². The number of fused-ring (bicyclic) bond motifs is 1. The van der Waals surface area contributed by atoms with Crippen LogP contribution in [-0.4, -0.2) is 29.4 Å². The Kier molecular flexibility index (Phi) is 2.68. The molecule has 1 saturated heterocycles. The smallest absolute Gasteiger partial charge is 0.240 e. The van der Waals surface area contributed by atoms with Crippen molar-refractivity contribution in [3.8, 4) is 5.88 Å². The van der Waals surface area contributed by atoms with Crippen LogP contribution in [-0.2, 0) is 0 Å². The lowest BCUT2D eigenvalue weighted by Gasteiger charge is -2.22. The van der Waals surface area contributed by atoms with Crippen molar-refractivity contribution in [3.63, 3.8) is 0 Å². The molecule has 4 nitrogen and oxygen atoms in total. The monoisotopic (exact) mass is 235 g/mol. The summed E-state index contributed by atoms with van der Waals surface area (Å²) in [7, 11) is 0. The van der Waals surface area contributed by atoms with Gasteiger partial charge in [0.15, 0.2) is 0 Å². The molecule has 2 N–H and O–H groups in total. The molecule has 1 aromatic heterocycles. The average Bonchev–Trinajstić information content (AvgIpc) is 2.73. The van der Waals surface area contributed by atoms with E-state index in [1.165, 1.54) is 12.1 Å². The topological polar surface area (TPSA) is 49.9 Å².